The Bertz CT molecular complexity index is 923. The minimum absolute atomic E-state index is 0.0689. The standard InChI is InChI=1S/C18H21N5O/c1-11-16(12(2)22(3)21-11)15-7-5-9-23(15)18(24)14-10-20-17-13(14)6-4-8-19-17/h4,6,8,10,15H,5,7,9H2,1-3H3,(H,19,20)/t15-/m1/s1. The van der Waals surface area contributed by atoms with Gasteiger partial charge in [-0.2, -0.15) is 5.10 Å². The largest absolute Gasteiger partial charge is 0.345 e. The maximum Gasteiger partial charge on any atom is 0.256 e. The molecule has 0 unspecified atom stereocenters. The summed E-state index contributed by atoms with van der Waals surface area (Å²) in [6.45, 7) is 4.88. The van der Waals surface area contributed by atoms with Gasteiger partial charge in [0.2, 0.25) is 0 Å². The number of pyridine rings is 1. The molecule has 24 heavy (non-hydrogen) atoms. The molecule has 3 aromatic heterocycles. The van der Waals surface area contributed by atoms with Crippen molar-refractivity contribution in [3.8, 4) is 0 Å². The fourth-order valence-corrected chi connectivity index (χ4v) is 3.87. The van der Waals surface area contributed by atoms with Crippen molar-refractivity contribution in [2.75, 3.05) is 6.54 Å². The first-order chi connectivity index (χ1) is 11.6. The second kappa shape index (κ2) is 5.47. The van der Waals surface area contributed by atoms with Crippen molar-refractivity contribution in [2.24, 2.45) is 7.05 Å². The minimum atomic E-state index is 0.0689. The lowest BCUT2D eigenvalue weighted by molar-refractivity contribution is 0.0737. The van der Waals surface area contributed by atoms with Gasteiger partial charge in [0.15, 0.2) is 0 Å². The first-order valence-corrected chi connectivity index (χ1v) is 8.31. The van der Waals surface area contributed by atoms with Gasteiger partial charge in [0.1, 0.15) is 5.65 Å². The summed E-state index contributed by atoms with van der Waals surface area (Å²) >= 11 is 0. The molecule has 1 saturated heterocycles. The molecule has 124 valence electrons. The topological polar surface area (TPSA) is 66.8 Å². The Morgan fingerprint density at radius 2 is 2.21 bits per heavy atom. The zero-order chi connectivity index (χ0) is 16.8. The molecule has 1 N–H and O–H groups in total. The van der Waals surface area contributed by atoms with Crippen molar-refractivity contribution in [3.05, 3.63) is 47.0 Å². The number of H-pyrrole nitrogens is 1. The van der Waals surface area contributed by atoms with Crippen molar-refractivity contribution in [1.82, 2.24) is 24.6 Å². The molecule has 0 spiro atoms. The summed E-state index contributed by atoms with van der Waals surface area (Å²) in [5.41, 5.74) is 4.80. The number of nitrogens with zero attached hydrogens (tertiary/aromatic N) is 4. The van der Waals surface area contributed by atoms with Gasteiger partial charge in [-0.05, 0) is 38.8 Å². The van der Waals surface area contributed by atoms with E-state index in [1.54, 1.807) is 12.4 Å². The molecule has 1 aliphatic heterocycles. The van der Waals surface area contributed by atoms with Crippen molar-refractivity contribution >= 4 is 16.9 Å². The molecule has 1 fully saturated rings. The lowest BCUT2D eigenvalue weighted by Gasteiger charge is -2.25. The van der Waals surface area contributed by atoms with Crippen LogP contribution in [0.2, 0.25) is 0 Å². The number of nitrogens with one attached hydrogen (secondary N) is 1. The lowest BCUT2D eigenvalue weighted by Crippen LogP contribution is -2.31. The number of aromatic nitrogens is 4. The molecule has 1 amide bonds. The molecule has 6 heteroatoms. The van der Waals surface area contributed by atoms with Gasteiger partial charge in [-0.3, -0.25) is 9.48 Å². The number of carbonyl (C=O) groups excluding carboxylic acids is 1. The van der Waals surface area contributed by atoms with Gasteiger partial charge in [0.25, 0.3) is 5.91 Å². The minimum Gasteiger partial charge on any atom is -0.345 e. The number of rotatable bonds is 2. The van der Waals surface area contributed by atoms with E-state index in [4.69, 9.17) is 0 Å². The van der Waals surface area contributed by atoms with Crippen LogP contribution in [-0.2, 0) is 7.05 Å². The first kappa shape index (κ1) is 14.9. The average Bonchev–Trinajstić information content (AvgIpc) is 3.26. The highest BCUT2D eigenvalue weighted by Crippen LogP contribution is 2.36. The smallest absolute Gasteiger partial charge is 0.256 e. The van der Waals surface area contributed by atoms with Gasteiger partial charge in [-0.1, -0.05) is 0 Å². The highest BCUT2D eigenvalue weighted by molar-refractivity contribution is 6.06. The van der Waals surface area contributed by atoms with E-state index in [0.717, 1.165) is 41.8 Å². The predicted molar refractivity (Wildman–Crippen MR) is 91.8 cm³/mol. The SMILES string of the molecule is Cc1nn(C)c(C)c1[C@H]1CCCN1C(=O)c1c[nH]c2ncccc12. The number of aryl methyl sites for hydroxylation is 2. The Balaban J connectivity index is 1.74. The van der Waals surface area contributed by atoms with Gasteiger partial charge < -0.3 is 9.88 Å². The maximum atomic E-state index is 13.2. The normalized spacial score (nSPS) is 17.8. The molecule has 0 aliphatic carbocycles. The van der Waals surface area contributed by atoms with Crippen LogP contribution in [0.15, 0.2) is 24.5 Å². The van der Waals surface area contributed by atoms with E-state index in [2.05, 4.69) is 22.0 Å². The number of fused-ring (bicyclic) bond motifs is 1. The summed E-state index contributed by atoms with van der Waals surface area (Å²) in [5.74, 6) is 0.0689. The number of aromatic amines is 1. The molecule has 1 aliphatic rings. The fraction of sp³-hybridized carbons (Fsp3) is 0.389. The molecule has 6 nitrogen and oxygen atoms in total. The number of likely N-dealkylation sites (tertiary alicyclic amines) is 1. The number of hydrogen-bond acceptors (Lipinski definition) is 3. The van der Waals surface area contributed by atoms with Crippen LogP contribution in [0.5, 0.6) is 0 Å². The molecule has 0 aromatic carbocycles. The Morgan fingerprint density at radius 3 is 2.96 bits per heavy atom. The quantitative estimate of drug-likeness (QED) is 0.788. The maximum absolute atomic E-state index is 13.2. The molecule has 1 atom stereocenters. The molecular weight excluding hydrogens is 302 g/mol. The molecule has 0 saturated carbocycles. The third-order valence-electron chi connectivity index (χ3n) is 5.09. The van der Waals surface area contributed by atoms with Crippen LogP contribution >= 0.6 is 0 Å². The first-order valence-electron chi connectivity index (χ1n) is 8.31. The molecule has 0 radical (unpaired) electrons. The molecule has 4 rings (SSSR count). The summed E-state index contributed by atoms with van der Waals surface area (Å²) in [6.07, 6.45) is 5.51. The number of carbonyl (C=O) groups is 1. The van der Waals surface area contributed by atoms with Gasteiger partial charge in [-0.25, -0.2) is 4.98 Å². The van der Waals surface area contributed by atoms with Gasteiger partial charge in [-0.15, -0.1) is 0 Å². The van der Waals surface area contributed by atoms with Crippen LogP contribution in [0.4, 0.5) is 0 Å². The van der Waals surface area contributed by atoms with Crippen molar-refractivity contribution in [3.63, 3.8) is 0 Å². The molecule has 3 aromatic rings. The van der Waals surface area contributed by atoms with E-state index >= 15 is 0 Å². The lowest BCUT2D eigenvalue weighted by atomic mass is 10.0. The summed E-state index contributed by atoms with van der Waals surface area (Å²) in [6, 6.07) is 3.91. The second-order valence-electron chi connectivity index (χ2n) is 6.47. The van der Waals surface area contributed by atoms with E-state index in [1.165, 1.54) is 5.56 Å². The van der Waals surface area contributed by atoms with Crippen LogP contribution in [0.1, 0.15) is 46.2 Å². The summed E-state index contributed by atoms with van der Waals surface area (Å²) in [7, 11) is 1.96. The van der Waals surface area contributed by atoms with Crippen LogP contribution in [0, 0.1) is 13.8 Å². The van der Waals surface area contributed by atoms with E-state index in [9.17, 15) is 4.79 Å². The Morgan fingerprint density at radius 1 is 1.38 bits per heavy atom. The van der Waals surface area contributed by atoms with Gasteiger partial charge >= 0.3 is 0 Å². The highest BCUT2D eigenvalue weighted by atomic mass is 16.2. The summed E-state index contributed by atoms with van der Waals surface area (Å²) in [4.78, 5) is 22.6. The van der Waals surface area contributed by atoms with Gasteiger partial charge in [0.05, 0.1) is 17.3 Å². The Hall–Kier alpha value is -2.63. The summed E-state index contributed by atoms with van der Waals surface area (Å²) in [5, 5.41) is 5.41. The van der Waals surface area contributed by atoms with E-state index in [-0.39, 0.29) is 11.9 Å². The molecule has 0 bridgehead atoms. The average molecular weight is 323 g/mol. The van der Waals surface area contributed by atoms with Crippen LogP contribution < -0.4 is 0 Å². The van der Waals surface area contributed by atoms with Crippen molar-refractivity contribution in [1.29, 1.82) is 0 Å². The third kappa shape index (κ3) is 2.13. The monoisotopic (exact) mass is 323 g/mol. The zero-order valence-corrected chi connectivity index (χ0v) is 14.2. The number of amides is 1. The second-order valence-corrected chi connectivity index (χ2v) is 6.47. The Kier molecular flexibility index (Phi) is 3.40. The van der Waals surface area contributed by atoms with Crippen molar-refractivity contribution < 1.29 is 4.79 Å². The molecular formula is C18H21N5O. The van der Waals surface area contributed by atoms with E-state index < -0.39 is 0 Å². The third-order valence-corrected chi connectivity index (χ3v) is 5.09. The van der Waals surface area contributed by atoms with E-state index in [0.29, 0.717) is 5.56 Å². The molecule has 4 heterocycles. The summed E-state index contributed by atoms with van der Waals surface area (Å²) < 4.78 is 1.90. The number of hydrogen-bond donors (Lipinski definition) is 1. The fourth-order valence-electron chi connectivity index (χ4n) is 3.87. The van der Waals surface area contributed by atoms with Crippen LogP contribution in [0.25, 0.3) is 11.0 Å². The predicted octanol–water partition coefficient (Wildman–Crippen LogP) is 2.89. The van der Waals surface area contributed by atoms with Crippen LogP contribution in [0.3, 0.4) is 0 Å². The highest BCUT2D eigenvalue weighted by Gasteiger charge is 2.34. The zero-order valence-electron chi connectivity index (χ0n) is 14.2. The Labute approximate surface area is 140 Å². The van der Waals surface area contributed by atoms with E-state index in [1.807, 2.05) is 35.7 Å². The van der Waals surface area contributed by atoms with Gasteiger partial charge in [0, 0.05) is 42.6 Å². The van der Waals surface area contributed by atoms with Crippen LogP contribution in [-0.4, -0.2) is 37.1 Å². The van der Waals surface area contributed by atoms with Crippen molar-refractivity contribution in [2.45, 2.75) is 32.7 Å².